The third kappa shape index (κ3) is 3.93. The molecule has 1 unspecified atom stereocenters. The van der Waals surface area contributed by atoms with Crippen molar-refractivity contribution in [2.24, 2.45) is 0 Å². The van der Waals surface area contributed by atoms with E-state index in [0.29, 0.717) is 6.61 Å². The van der Waals surface area contributed by atoms with Crippen molar-refractivity contribution < 1.29 is 4.74 Å². The van der Waals surface area contributed by atoms with E-state index < -0.39 is 0 Å². The normalized spacial score (nSPS) is 12.7. The maximum absolute atomic E-state index is 5.16. The molecule has 0 aliphatic carbocycles. The first-order valence-corrected chi connectivity index (χ1v) is 5.28. The lowest BCUT2D eigenvalue weighted by molar-refractivity contribution is 0.165. The molecule has 1 heterocycles. The van der Waals surface area contributed by atoms with Crippen LogP contribution in [0.15, 0.2) is 12.4 Å². The Hall–Kier alpha value is -1.00. The van der Waals surface area contributed by atoms with Gasteiger partial charge in [-0.05, 0) is 19.9 Å². The molecule has 4 heteroatoms. The van der Waals surface area contributed by atoms with Gasteiger partial charge >= 0.3 is 0 Å². The smallest absolute Gasteiger partial charge is 0.0779 e. The zero-order valence-corrected chi connectivity index (χ0v) is 9.66. The number of aryl methyl sites for hydroxylation is 1. The van der Waals surface area contributed by atoms with Crippen LogP contribution >= 0.6 is 0 Å². The Kier molecular flexibility index (Phi) is 5.21. The van der Waals surface area contributed by atoms with Crippen LogP contribution < -0.4 is 5.32 Å². The van der Waals surface area contributed by atoms with Crippen molar-refractivity contribution in [3.63, 3.8) is 0 Å². The van der Waals surface area contributed by atoms with Gasteiger partial charge in [0.25, 0.3) is 0 Å². The van der Waals surface area contributed by atoms with E-state index in [4.69, 9.17) is 4.74 Å². The van der Waals surface area contributed by atoms with E-state index in [-0.39, 0.29) is 6.04 Å². The second kappa shape index (κ2) is 6.48. The monoisotopic (exact) mass is 209 g/mol. The Balaban J connectivity index is 2.65. The first-order chi connectivity index (χ1) is 7.27. The van der Waals surface area contributed by atoms with Gasteiger partial charge in [0.1, 0.15) is 0 Å². The van der Waals surface area contributed by atoms with Gasteiger partial charge in [-0.3, -0.25) is 9.97 Å². The molecule has 0 saturated heterocycles. The summed E-state index contributed by atoms with van der Waals surface area (Å²) < 4.78 is 5.16. The van der Waals surface area contributed by atoms with Gasteiger partial charge in [0.15, 0.2) is 0 Å². The number of methoxy groups -OCH3 is 1. The maximum Gasteiger partial charge on any atom is 0.0779 e. The first kappa shape index (κ1) is 12.1. The molecule has 0 spiro atoms. The third-order valence-electron chi connectivity index (χ3n) is 2.13. The summed E-state index contributed by atoms with van der Waals surface area (Å²) in [6.07, 6.45) is 4.69. The van der Waals surface area contributed by atoms with Crippen LogP contribution in [0, 0.1) is 6.92 Å². The molecule has 0 aromatic carbocycles. The van der Waals surface area contributed by atoms with Gasteiger partial charge in [-0.1, -0.05) is 6.92 Å². The number of nitrogens with one attached hydrogen (secondary N) is 1. The minimum atomic E-state index is 0.142. The quantitative estimate of drug-likeness (QED) is 0.770. The average molecular weight is 209 g/mol. The van der Waals surface area contributed by atoms with Gasteiger partial charge in [-0.2, -0.15) is 0 Å². The Morgan fingerprint density at radius 3 is 2.73 bits per heavy atom. The molecule has 15 heavy (non-hydrogen) atoms. The number of ether oxygens (including phenoxy) is 1. The first-order valence-electron chi connectivity index (χ1n) is 5.28. The van der Waals surface area contributed by atoms with Crippen LogP contribution in [0.2, 0.25) is 0 Å². The molecule has 1 aromatic rings. The molecule has 0 amide bonds. The van der Waals surface area contributed by atoms with Crippen molar-refractivity contribution in [3.8, 4) is 0 Å². The van der Waals surface area contributed by atoms with Gasteiger partial charge in [0.2, 0.25) is 0 Å². The number of aromatic nitrogens is 2. The van der Waals surface area contributed by atoms with E-state index in [9.17, 15) is 0 Å². The largest absolute Gasteiger partial charge is 0.383 e. The van der Waals surface area contributed by atoms with Crippen molar-refractivity contribution in [2.45, 2.75) is 26.3 Å². The number of nitrogens with zero attached hydrogens (tertiary/aromatic N) is 2. The highest BCUT2D eigenvalue weighted by Crippen LogP contribution is 2.09. The molecule has 4 nitrogen and oxygen atoms in total. The van der Waals surface area contributed by atoms with Gasteiger partial charge < -0.3 is 10.1 Å². The molecular weight excluding hydrogens is 190 g/mol. The number of hydrogen-bond donors (Lipinski definition) is 1. The molecule has 0 fully saturated rings. The van der Waals surface area contributed by atoms with Crippen LogP contribution in [0.3, 0.4) is 0 Å². The molecule has 0 radical (unpaired) electrons. The van der Waals surface area contributed by atoms with Crippen molar-refractivity contribution in [1.82, 2.24) is 15.3 Å². The molecule has 0 aliphatic rings. The predicted octanol–water partition coefficient (Wildman–Crippen LogP) is 1.47. The van der Waals surface area contributed by atoms with Crippen molar-refractivity contribution in [3.05, 3.63) is 23.8 Å². The van der Waals surface area contributed by atoms with Crippen LogP contribution in [0.4, 0.5) is 0 Å². The SMILES string of the molecule is CCCNC(COC)c1cnc(C)cn1. The Morgan fingerprint density at radius 1 is 1.40 bits per heavy atom. The van der Waals surface area contributed by atoms with Crippen LogP contribution in [0.5, 0.6) is 0 Å². The second-order valence-corrected chi connectivity index (χ2v) is 3.54. The van der Waals surface area contributed by atoms with Crippen LogP contribution in [0.25, 0.3) is 0 Å². The maximum atomic E-state index is 5.16. The van der Waals surface area contributed by atoms with E-state index in [2.05, 4.69) is 22.2 Å². The number of hydrogen-bond acceptors (Lipinski definition) is 4. The highest BCUT2D eigenvalue weighted by atomic mass is 16.5. The lowest BCUT2D eigenvalue weighted by atomic mass is 10.2. The van der Waals surface area contributed by atoms with E-state index >= 15 is 0 Å². The van der Waals surface area contributed by atoms with Crippen LogP contribution in [-0.4, -0.2) is 30.2 Å². The minimum absolute atomic E-state index is 0.142. The summed E-state index contributed by atoms with van der Waals surface area (Å²) >= 11 is 0. The highest BCUT2D eigenvalue weighted by Gasteiger charge is 2.11. The Morgan fingerprint density at radius 2 is 2.20 bits per heavy atom. The minimum Gasteiger partial charge on any atom is -0.383 e. The highest BCUT2D eigenvalue weighted by molar-refractivity contribution is 5.05. The summed E-state index contributed by atoms with van der Waals surface area (Å²) in [5.74, 6) is 0. The van der Waals surface area contributed by atoms with Crippen LogP contribution in [0.1, 0.15) is 30.8 Å². The predicted molar refractivity (Wildman–Crippen MR) is 59.7 cm³/mol. The zero-order valence-electron chi connectivity index (χ0n) is 9.66. The van der Waals surface area contributed by atoms with Crippen LogP contribution in [-0.2, 0) is 4.74 Å². The fourth-order valence-electron chi connectivity index (χ4n) is 1.32. The number of rotatable bonds is 6. The Labute approximate surface area is 91.1 Å². The zero-order chi connectivity index (χ0) is 11.1. The van der Waals surface area contributed by atoms with Crippen molar-refractivity contribution in [2.75, 3.05) is 20.3 Å². The molecule has 1 atom stereocenters. The molecule has 0 bridgehead atoms. The lowest BCUT2D eigenvalue weighted by Gasteiger charge is -2.16. The van der Waals surface area contributed by atoms with E-state index in [1.165, 1.54) is 0 Å². The van der Waals surface area contributed by atoms with Gasteiger partial charge in [-0.25, -0.2) is 0 Å². The standard InChI is InChI=1S/C11H19N3O/c1-4-5-12-11(8-15-3)10-7-13-9(2)6-14-10/h6-7,11-12H,4-5,8H2,1-3H3. The van der Waals surface area contributed by atoms with Crippen molar-refractivity contribution >= 4 is 0 Å². The fourth-order valence-corrected chi connectivity index (χ4v) is 1.32. The summed E-state index contributed by atoms with van der Waals surface area (Å²) in [7, 11) is 1.70. The third-order valence-corrected chi connectivity index (χ3v) is 2.13. The molecule has 84 valence electrons. The molecule has 1 N–H and O–H groups in total. The molecule has 0 saturated carbocycles. The van der Waals surface area contributed by atoms with Gasteiger partial charge in [-0.15, -0.1) is 0 Å². The molecule has 1 rings (SSSR count). The summed E-state index contributed by atoms with van der Waals surface area (Å²) in [6, 6.07) is 0.142. The second-order valence-electron chi connectivity index (χ2n) is 3.54. The fraction of sp³-hybridized carbons (Fsp3) is 0.636. The average Bonchev–Trinajstić information content (AvgIpc) is 2.25. The van der Waals surface area contributed by atoms with E-state index in [0.717, 1.165) is 24.4 Å². The van der Waals surface area contributed by atoms with Gasteiger partial charge in [0.05, 0.1) is 30.2 Å². The molecular formula is C11H19N3O. The van der Waals surface area contributed by atoms with Crippen molar-refractivity contribution in [1.29, 1.82) is 0 Å². The summed E-state index contributed by atoms with van der Waals surface area (Å²) in [5, 5.41) is 3.38. The Bertz CT molecular complexity index is 274. The topological polar surface area (TPSA) is 47.0 Å². The molecule has 1 aromatic heterocycles. The summed E-state index contributed by atoms with van der Waals surface area (Å²) in [6.45, 7) is 5.65. The summed E-state index contributed by atoms with van der Waals surface area (Å²) in [5.41, 5.74) is 1.88. The summed E-state index contributed by atoms with van der Waals surface area (Å²) in [4.78, 5) is 8.58. The molecule has 0 aliphatic heterocycles. The lowest BCUT2D eigenvalue weighted by Crippen LogP contribution is -2.26. The van der Waals surface area contributed by atoms with Gasteiger partial charge in [0, 0.05) is 13.3 Å². The van der Waals surface area contributed by atoms with E-state index in [1.807, 2.05) is 13.1 Å². The van der Waals surface area contributed by atoms with E-state index in [1.54, 1.807) is 13.3 Å².